The number of hydrogen-bond acceptors (Lipinski definition) is 4. The van der Waals surface area contributed by atoms with Crippen LogP contribution in [0.4, 0.5) is 0 Å². The second-order valence-electron chi connectivity index (χ2n) is 7.23. The molecule has 0 saturated carbocycles. The van der Waals surface area contributed by atoms with Crippen LogP contribution in [0, 0.1) is 12.8 Å². The van der Waals surface area contributed by atoms with Gasteiger partial charge in [-0.05, 0) is 57.0 Å². The molecule has 27 heavy (non-hydrogen) atoms. The summed E-state index contributed by atoms with van der Waals surface area (Å²) in [6.45, 7) is 5.24. The summed E-state index contributed by atoms with van der Waals surface area (Å²) in [5, 5.41) is 4.67. The summed E-state index contributed by atoms with van der Waals surface area (Å²) >= 11 is 0. The number of benzene rings is 1. The summed E-state index contributed by atoms with van der Waals surface area (Å²) in [6.07, 6.45) is 2.73. The van der Waals surface area contributed by atoms with Crippen molar-refractivity contribution in [3.8, 4) is 17.1 Å². The first kappa shape index (κ1) is 17.5. The maximum Gasteiger partial charge on any atom is 0.258 e. The monoisotopic (exact) mass is 364 g/mol. The number of amides is 1. The molecule has 1 fully saturated rings. The molecule has 2 atom stereocenters. The molecule has 0 radical (unpaired) electrons. The standard InChI is InChI=1S/C21H24N4O2/c1-14-10-16(11-22)12-24(14)21(26)18-13-25(17-6-4-3-5-7-17)23-20(18)19-9-8-15(2)27-19/h3-9,13-14,16H,10-12,22H2,1-2H3. The first-order valence-corrected chi connectivity index (χ1v) is 9.29. The molecule has 6 nitrogen and oxygen atoms in total. The van der Waals surface area contributed by atoms with Gasteiger partial charge in [0.05, 0.1) is 11.3 Å². The first-order chi connectivity index (χ1) is 13.1. The smallest absolute Gasteiger partial charge is 0.258 e. The Morgan fingerprint density at radius 1 is 1.26 bits per heavy atom. The molecule has 3 heterocycles. The zero-order chi connectivity index (χ0) is 19.0. The zero-order valence-corrected chi connectivity index (χ0v) is 15.6. The molecule has 3 aromatic rings. The number of aryl methyl sites for hydroxylation is 1. The second kappa shape index (κ2) is 7.04. The number of carbonyl (C=O) groups is 1. The fourth-order valence-electron chi connectivity index (χ4n) is 3.74. The van der Waals surface area contributed by atoms with Crippen LogP contribution in [0.3, 0.4) is 0 Å². The van der Waals surface area contributed by atoms with Crippen molar-refractivity contribution in [2.75, 3.05) is 13.1 Å². The van der Waals surface area contributed by atoms with Crippen LogP contribution >= 0.6 is 0 Å². The van der Waals surface area contributed by atoms with Crippen LogP contribution in [0.25, 0.3) is 17.1 Å². The Labute approximate surface area is 158 Å². The van der Waals surface area contributed by atoms with E-state index in [4.69, 9.17) is 10.2 Å². The maximum absolute atomic E-state index is 13.4. The first-order valence-electron chi connectivity index (χ1n) is 9.29. The molecule has 2 unspecified atom stereocenters. The van der Waals surface area contributed by atoms with Gasteiger partial charge in [-0.2, -0.15) is 5.10 Å². The number of furan rings is 1. The Morgan fingerprint density at radius 2 is 2.04 bits per heavy atom. The van der Waals surface area contributed by atoms with Gasteiger partial charge in [-0.25, -0.2) is 4.68 Å². The predicted molar refractivity (Wildman–Crippen MR) is 104 cm³/mol. The second-order valence-corrected chi connectivity index (χ2v) is 7.23. The van der Waals surface area contributed by atoms with E-state index in [1.807, 2.05) is 54.3 Å². The lowest BCUT2D eigenvalue weighted by molar-refractivity contribution is 0.0744. The molecule has 140 valence electrons. The molecule has 1 aliphatic heterocycles. The number of nitrogens with zero attached hydrogens (tertiary/aromatic N) is 3. The van der Waals surface area contributed by atoms with Crippen LogP contribution in [0.15, 0.2) is 53.1 Å². The molecular weight excluding hydrogens is 340 g/mol. The fourth-order valence-corrected chi connectivity index (χ4v) is 3.74. The van der Waals surface area contributed by atoms with E-state index >= 15 is 0 Å². The van der Waals surface area contributed by atoms with Crippen molar-refractivity contribution in [1.29, 1.82) is 0 Å². The van der Waals surface area contributed by atoms with Gasteiger partial charge in [-0.1, -0.05) is 18.2 Å². The van der Waals surface area contributed by atoms with Crippen LogP contribution < -0.4 is 5.73 Å². The number of likely N-dealkylation sites (tertiary alicyclic amines) is 1. The van der Waals surface area contributed by atoms with Crippen LogP contribution in [0.5, 0.6) is 0 Å². The highest BCUT2D eigenvalue weighted by atomic mass is 16.3. The molecule has 0 bridgehead atoms. The Morgan fingerprint density at radius 3 is 2.67 bits per heavy atom. The molecule has 1 aliphatic rings. The molecule has 4 rings (SSSR count). The maximum atomic E-state index is 13.4. The molecule has 2 N–H and O–H groups in total. The number of aromatic nitrogens is 2. The lowest BCUT2D eigenvalue weighted by Gasteiger charge is -2.21. The van der Waals surface area contributed by atoms with Crippen molar-refractivity contribution in [3.63, 3.8) is 0 Å². The van der Waals surface area contributed by atoms with E-state index in [0.29, 0.717) is 36.0 Å². The van der Waals surface area contributed by atoms with E-state index in [0.717, 1.165) is 17.9 Å². The zero-order valence-electron chi connectivity index (χ0n) is 15.6. The van der Waals surface area contributed by atoms with E-state index in [1.165, 1.54) is 0 Å². The number of carbonyl (C=O) groups excluding carboxylic acids is 1. The van der Waals surface area contributed by atoms with E-state index < -0.39 is 0 Å². The average Bonchev–Trinajstić information content (AvgIpc) is 3.39. The summed E-state index contributed by atoms with van der Waals surface area (Å²) in [5.41, 5.74) is 7.85. The van der Waals surface area contributed by atoms with Crippen molar-refractivity contribution in [2.24, 2.45) is 11.7 Å². The van der Waals surface area contributed by atoms with Crippen molar-refractivity contribution >= 4 is 5.91 Å². The molecule has 1 aromatic carbocycles. The van der Waals surface area contributed by atoms with Gasteiger partial charge in [-0.15, -0.1) is 0 Å². The SMILES string of the molecule is Cc1ccc(-c2nn(-c3ccccc3)cc2C(=O)N2CC(CN)CC2C)o1. The third kappa shape index (κ3) is 3.28. The summed E-state index contributed by atoms with van der Waals surface area (Å²) in [4.78, 5) is 15.3. The fraction of sp³-hybridized carbons (Fsp3) is 0.333. The molecule has 1 saturated heterocycles. The Bertz CT molecular complexity index is 944. The van der Waals surface area contributed by atoms with Gasteiger partial charge in [0, 0.05) is 18.8 Å². The van der Waals surface area contributed by atoms with Crippen molar-refractivity contribution in [1.82, 2.24) is 14.7 Å². The number of hydrogen-bond donors (Lipinski definition) is 1. The van der Waals surface area contributed by atoms with Crippen LogP contribution in [0.2, 0.25) is 0 Å². The van der Waals surface area contributed by atoms with Crippen LogP contribution in [-0.2, 0) is 0 Å². The Kier molecular flexibility index (Phi) is 4.58. The largest absolute Gasteiger partial charge is 0.460 e. The summed E-state index contributed by atoms with van der Waals surface area (Å²) in [6, 6.07) is 13.7. The highest BCUT2D eigenvalue weighted by Gasteiger charge is 2.34. The predicted octanol–water partition coefficient (Wildman–Crippen LogP) is 3.25. The van der Waals surface area contributed by atoms with Crippen molar-refractivity contribution < 1.29 is 9.21 Å². The minimum atomic E-state index is -0.0234. The van der Waals surface area contributed by atoms with E-state index in [9.17, 15) is 4.79 Å². The van der Waals surface area contributed by atoms with E-state index in [2.05, 4.69) is 12.0 Å². The van der Waals surface area contributed by atoms with Crippen molar-refractivity contribution in [2.45, 2.75) is 26.3 Å². The Hall–Kier alpha value is -2.86. The van der Waals surface area contributed by atoms with E-state index in [-0.39, 0.29) is 11.9 Å². The number of para-hydroxylation sites is 1. The lowest BCUT2D eigenvalue weighted by atomic mass is 10.1. The van der Waals surface area contributed by atoms with Gasteiger partial charge >= 0.3 is 0 Å². The molecule has 2 aromatic heterocycles. The highest BCUT2D eigenvalue weighted by Crippen LogP contribution is 2.30. The topological polar surface area (TPSA) is 77.3 Å². The summed E-state index contributed by atoms with van der Waals surface area (Å²) in [7, 11) is 0. The van der Waals surface area contributed by atoms with Crippen molar-refractivity contribution in [3.05, 3.63) is 60.0 Å². The van der Waals surface area contributed by atoms with E-state index in [1.54, 1.807) is 10.9 Å². The Balaban J connectivity index is 1.76. The van der Waals surface area contributed by atoms with Gasteiger partial charge in [-0.3, -0.25) is 4.79 Å². The minimum Gasteiger partial charge on any atom is -0.460 e. The molecule has 1 amide bonds. The van der Waals surface area contributed by atoms with Gasteiger partial charge in [0.25, 0.3) is 5.91 Å². The highest BCUT2D eigenvalue weighted by molar-refractivity contribution is 5.99. The molecule has 0 spiro atoms. The molecule has 0 aliphatic carbocycles. The van der Waals surface area contributed by atoms with Gasteiger partial charge in [0.15, 0.2) is 5.76 Å². The molecular formula is C21H24N4O2. The number of rotatable bonds is 4. The third-order valence-corrected chi connectivity index (χ3v) is 5.19. The van der Waals surface area contributed by atoms with Crippen LogP contribution in [0.1, 0.15) is 29.5 Å². The van der Waals surface area contributed by atoms with Gasteiger partial charge in [0.2, 0.25) is 0 Å². The lowest BCUT2D eigenvalue weighted by Crippen LogP contribution is -2.34. The number of nitrogens with two attached hydrogens (primary N) is 1. The van der Waals surface area contributed by atoms with Gasteiger partial charge in [0.1, 0.15) is 11.5 Å². The van der Waals surface area contributed by atoms with Gasteiger partial charge < -0.3 is 15.1 Å². The average molecular weight is 364 g/mol. The summed E-state index contributed by atoms with van der Waals surface area (Å²) < 4.78 is 7.51. The van der Waals surface area contributed by atoms with Crippen LogP contribution in [-0.4, -0.2) is 39.7 Å². The molecule has 6 heteroatoms. The normalized spacial score (nSPS) is 19.6. The third-order valence-electron chi connectivity index (χ3n) is 5.19. The quantitative estimate of drug-likeness (QED) is 0.771. The summed E-state index contributed by atoms with van der Waals surface area (Å²) in [5.74, 6) is 1.72. The minimum absolute atomic E-state index is 0.0234.